The number of anilines is 1. The second-order valence-electron chi connectivity index (χ2n) is 5.82. The fourth-order valence-electron chi connectivity index (χ4n) is 3.44. The van der Waals surface area contributed by atoms with Crippen molar-refractivity contribution in [1.82, 2.24) is 5.32 Å². The van der Waals surface area contributed by atoms with E-state index in [1.807, 2.05) is 29.2 Å². The van der Waals surface area contributed by atoms with E-state index in [0.717, 1.165) is 56.8 Å². The van der Waals surface area contributed by atoms with E-state index in [1.165, 1.54) is 0 Å². The number of piperidine rings is 2. The van der Waals surface area contributed by atoms with E-state index in [-0.39, 0.29) is 17.8 Å². The van der Waals surface area contributed by atoms with Crippen LogP contribution in [0.4, 0.5) is 5.69 Å². The van der Waals surface area contributed by atoms with Gasteiger partial charge in [-0.2, -0.15) is 0 Å². The standard InChI is InChI=1S/C16H22N2O2.ClH/c1-20-14-6-4-13(5-7-14)18-11-3-9-16(15(18)19)8-2-10-17-12-16;/h4-7,17H,2-3,8-12H2,1H3;1H. The van der Waals surface area contributed by atoms with Crippen LogP contribution in [0.1, 0.15) is 25.7 Å². The molecule has 0 aliphatic carbocycles. The summed E-state index contributed by atoms with van der Waals surface area (Å²) in [6, 6.07) is 7.80. The molecular formula is C16H23ClN2O2. The molecule has 4 nitrogen and oxygen atoms in total. The first kappa shape index (κ1) is 16.1. The van der Waals surface area contributed by atoms with Crippen LogP contribution < -0.4 is 15.0 Å². The SMILES string of the molecule is COc1ccc(N2CCCC3(CCCNC3)C2=O)cc1.Cl. The van der Waals surface area contributed by atoms with E-state index in [1.54, 1.807) is 7.11 Å². The summed E-state index contributed by atoms with van der Waals surface area (Å²) >= 11 is 0. The highest BCUT2D eigenvalue weighted by Crippen LogP contribution is 2.39. The maximum atomic E-state index is 12.9. The van der Waals surface area contributed by atoms with Crippen molar-refractivity contribution in [1.29, 1.82) is 0 Å². The van der Waals surface area contributed by atoms with E-state index in [2.05, 4.69) is 5.32 Å². The van der Waals surface area contributed by atoms with E-state index < -0.39 is 0 Å². The minimum atomic E-state index is -0.170. The molecule has 2 saturated heterocycles. The van der Waals surface area contributed by atoms with Crippen molar-refractivity contribution in [2.45, 2.75) is 25.7 Å². The number of nitrogens with one attached hydrogen (secondary N) is 1. The Balaban J connectivity index is 0.00000161. The number of ether oxygens (including phenoxy) is 1. The van der Waals surface area contributed by atoms with Crippen molar-refractivity contribution in [3.8, 4) is 5.75 Å². The van der Waals surface area contributed by atoms with Crippen LogP contribution in [0.2, 0.25) is 0 Å². The van der Waals surface area contributed by atoms with Crippen molar-refractivity contribution < 1.29 is 9.53 Å². The lowest BCUT2D eigenvalue weighted by molar-refractivity contribution is -0.131. The number of hydrogen-bond acceptors (Lipinski definition) is 3. The molecule has 21 heavy (non-hydrogen) atoms. The van der Waals surface area contributed by atoms with Crippen LogP contribution in [0.5, 0.6) is 5.75 Å². The average Bonchev–Trinajstić information content (AvgIpc) is 2.51. The molecule has 116 valence electrons. The van der Waals surface area contributed by atoms with Crippen LogP contribution in [0.15, 0.2) is 24.3 Å². The van der Waals surface area contributed by atoms with Crippen LogP contribution in [0.25, 0.3) is 0 Å². The smallest absolute Gasteiger partial charge is 0.234 e. The summed E-state index contributed by atoms with van der Waals surface area (Å²) in [6.07, 6.45) is 4.22. The molecule has 2 heterocycles. The minimum absolute atomic E-state index is 0. The van der Waals surface area contributed by atoms with Gasteiger partial charge in [0, 0.05) is 18.8 Å². The molecule has 0 saturated carbocycles. The lowest BCUT2D eigenvalue weighted by Gasteiger charge is -2.44. The molecular weight excluding hydrogens is 288 g/mol. The lowest BCUT2D eigenvalue weighted by atomic mass is 9.73. The Morgan fingerprint density at radius 2 is 1.90 bits per heavy atom. The fraction of sp³-hybridized carbons (Fsp3) is 0.562. The first-order valence-corrected chi connectivity index (χ1v) is 7.42. The highest BCUT2D eigenvalue weighted by molar-refractivity contribution is 5.98. The maximum absolute atomic E-state index is 12.9. The van der Waals surface area contributed by atoms with Crippen LogP contribution in [-0.4, -0.2) is 32.7 Å². The third kappa shape index (κ3) is 3.01. The van der Waals surface area contributed by atoms with Gasteiger partial charge in [0.15, 0.2) is 0 Å². The minimum Gasteiger partial charge on any atom is -0.497 e. The van der Waals surface area contributed by atoms with E-state index in [9.17, 15) is 4.79 Å². The number of carbonyl (C=O) groups is 1. The molecule has 1 spiro atoms. The Kier molecular flexibility index (Phi) is 5.12. The zero-order valence-corrected chi connectivity index (χ0v) is 13.2. The van der Waals surface area contributed by atoms with Crippen LogP contribution >= 0.6 is 12.4 Å². The first-order chi connectivity index (χ1) is 9.75. The van der Waals surface area contributed by atoms with Crippen molar-refractivity contribution in [2.24, 2.45) is 5.41 Å². The van der Waals surface area contributed by atoms with Gasteiger partial charge >= 0.3 is 0 Å². The summed E-state index contributed by atoms with van der Waals surface area (Å²) in [4.78, 5) is 14.9. The fourth-order valence-corrected chi connectivity index (χ4v) is 3.44. The van der Waals surface area contributed by atoms with E-state index >= 15 is 0 Å². The Bertz CT molecular complexity index is 478. The molecule has 0 bridgehead atoms. The molecule has 1 unspecified atom stereocenters. The molecule has 1 atom stereocenters. The molecule has 1 amide bonds. The maximum Gasteiger partial charge on any atom is 0.234 e. The quantitative estimate of drug-likeness (QED) is 0.913. The molecule has 0 radical (unpaired) electrons. The summed E-state index contributed by atoms with van der Waals surface area (Å²) in [5.74, 6) is 1.12. The summed E-state index contributed by atoms with van der Waals surface area (Å²) < 4.78 is 5.18. The van der Waals surface area contributed by atoms with Gasteiger partial charge in [-0.1, -0.05) is 0 Å². The van der Waals surface area contributed by atoms with Crippen LogP contribution in [0.3, 0.4) is 0 Å². The van der Waals surface area contributed by atoms with Gasteiger partial charge in [0.2, 0.25) is 5.91 Å². The molecule has 1 aromatic carbocycles. The zero-order valence-electron chi connectivity index (χ0n) is 12.4. The normalized spacial score (nSPS) is 25.6. The predicted octanol–water partition coefficient (Wildman–Crippen LogP) is 2.61. The molecule has 2 aliphatic heterocycles. The first-order valence-electron chi connectivity index (χ1n) is 7.42. The largest absolute Gasteiger partial charge is 0.497 e. The number of benzene rings is 1. The lowest BCUT2D eigenvalue weighted by Crippen LogP contribution is -2.55. The van der Waals surface area contributed by atoms with Crippen molar-refractivity contribution in [2.75, 3.05) is 31.6 Å². The molecule has 0 aromatic heterocycles. The molecule has 2 fully saturated rings. The zero-order chi connectivity index (χ0) is 14.0. The number of halogens is 1. The molecule has 5 heteroatoms. The van der Waals surface area contributed by atoms with Crippen LogP contribution in [-0.2, 0) is 4.79 Å². The third-order valence-electron chi connectivity index (χ3n) is 4.59. The summed E-state index contributed by atoms with van der Waals surface area (Å²) in [6.45, 7) is 2.70. The van der Waals surface area contributed by atoms with Gasteiger partial charge in [0.25, 0.3) is 0 Å². The second-order valence-corrected chi connectivity index (χ2v) is 5.82. The van der Waals surface area contributed by atoms with Crippen molar-refractivity contribution in [3.63, 3.8) is 0 Å². The van der Waals surface area contributed by atoms with E-state index in [0.29, 0.717) is 5.91 Å². The highest BCUT2D eigenvalue weighted by atomic mass is 35.5. The Labute approximate surface area is 132 Å². The van der Waals surface area contributed by atoms with E-state index in [4.69, 9.17) is 4.74 Å². The monoisotopic (exact) mass is 310 g/mol. The number of amides is 1. The molecule has 3 rings (SSSR count). The average molecular weight is 311 g/mol. The van der Waals surface area contributed by atoms with Gasteiger partial charge in [-0.05, 0) is 56.5 Å². The summed E-state index contributed by atoms with van der Waals surface area (Å²) in [7, 11) is 1.66. The van der Waals surface area contributed by atoms with Gasteiger partial charge in [-0.15, -0.1) is 12.4 Å². The topological polar surface area (TPSA) is 41.6 Å². The van der Waals surface area contributed by atoms with Gasteiger partial charge in [-0.25, -0.2) is 0 Å². The number of carbonyl (C=O) groups excluding carboxylic acids is 1. The highest BCUT2D eigenvalue weighted by Gasteiger charge is 2.44. The van der Waals surface area contributed by atoms with Crippen molar-refractivity contribution in [3.05, 3.63) is 24.3 Å². The van der Waals surface area contributed by atoms with Crippen LogP contribution in [0, 0.1) is 5.41 Å². The number of hydrogen-bond donors (Lipinski definition) is 1. The van der Waals surface area contributed by atoms with Crippen molar-refractivity contribution >= 4 is 24.0 Å². The number of methoxy groups -OCH3 is 1. The van der Waals surface area contributed by atoms with Gasteiger partial charge in [-0.3, -0.25) is 4.79 Å². The Hall–Kier alpha value is -1.26. The molecule has 2 aliphatic rings. The predicted molar refractivity (Wildman–Crippen MR) is 86.4 cm³/mol. The van der Waals surface area contributed by atoms with Gasteiger partial charge in [0.05, 0.1) is 12.5 Å². The second kappa shape index (κ2) is 6.67. The summed E-state index contributed by atoms with van der Waals surface area (Å²) in [5, 5.41) is 3.40. The Morgan fingerprint density at radius 3 is 2.52 bits per heavy atom. The molecule has 1 aromatic rings. The summed E-state index contributed by atoms with van der Waals surface area (Å²) in [5.41, 5.74) is 0.816. The number of nitrogens with zero attached hydrogens (tertiary/aromatic N) is 1. The molecule has 1 N–H and O–H groups in total. The van der Waals surface area contributed by atoms with Gasteiger partial charge in [0.1, 0.15) is 5.75 Å². The Morgan fingerprint density at radius 1 is 1.19 bits per heavy atom. The third-order valence-corrected chi connectivity index (χ3v) is 4.59. The number of rotatable bonds is 2. The van der Waals surface area contributed by atoms with Gasteiger partial charge < -0.3 is 15.0 Å².